The maximum absolute atomic E-state index is 6.28. The van der Waals surface area contributed by atoms with Gasteiger partial charge in [-0.25, -0.2) is 0 Å². The van der Waals surface area contributed by atoms with Crippen LogP contribution in [0.25, 0.3) is 11.4 Å². The van der Waals surface area contributed by atoms with Gasteiger partial charge in [0.05, 0.1) is 11.6 Å². The molecule has 5 heteroatoms. The molecular weight excluding hydrogens is 248 g/mol. The van der Waals surface area contributed by atoms with Gasteiger partial charge in [-0.2, -0.15) is 0 Å². The van der Waals surface area contributed by atoms with Gasteiger partial charge in [-0.3, -0.25) is 0 Å². The van der Waals surface area contributed by atoms with Crippen LogP contribution < -0.4 is 5.73 Å². The average molecular weight is 265 g/mol. The van der Waals surface area contributed by atoms with E-state index < -0.39 is 0 Å². The molecule has 0 unspecified atom stereocenters. The largest absolute Gasteiger partial charge is 0.324 e. The zero-order chi connectivity index (χ0) is 13.3. The van der Waals surface area contributed by atoms with Crippen LogP contribution in [0.15, 0.2) is 18.2 Å². The molecule has 1 aromatic carbocycles. The first kappa shape index (κ1) is 13.1. The lowest BCUT2D eigenvalue weighted by atomic mass is 10.1. The van der Waals surface area contributed by atoms with Crippen LogP contribution in [0.3, 0.4) is 0 Å². The summed E-state index contributed by atoms with van der Waals surface area (Å²) in [6, 6.07) is 6.16. The Morgan fingerprint density at radius 3 is 2.61 bits per heavy atom. The number of nitrogens with two attached hydrogens (primary N) is 1. The van der Waals surface area contributed by atoms with Crippen molar-refractivity contribution >= 4 is 11.6 Å². The Morgan fingerprint density at radius 2 is 2.06 bits per heavy atom. The van der Waals surface area contributed by atoms with Crippen LogP contribution in [0, 0.1) is 6.92 Å². The van der Waals surface area contributed by atoms with Gasteiger partial charge in [0, 0.05) is 11.6 Å². The van der Waals surface area contributed by atoms with Crippen molar-refractivity contribution in [2.24, 2.45) is 5.73 Å². The maximum Gasteiger partial charge on any atom is 0.165 e. The van der Waals surface area contributed by atoms with Crippen molar-refractivity contribution in [3.63, 3.8) is 0 Å². The highest BCUT2D eigenvalue weighted by Crippen LogP contribution is 2.29. The monoisotopic (exact) mass is 264 g/mol. The summed E-state index contributed by atoms with van der Waals surface area (Å²) in [6.07, 6.45) is 0. The summed E-state index contributed by atoms with van der Waals surface area (Å²) in [7, 11) is 0. The zero-order valence-corrected chi connectivity index (χ0v) is 11.6. The Bertz CT molecular complexity index is 560. The summed E-state index contributed by atoms with van der Waals surface area (Å²) in [5.41, 5.74) is 7.70. The van der Waals surface area contributed by atoms with Gasteiger partial charge in [-0.1, -0.05) is 17.7 Å². The van der Waals surface area contributed by atoms with E-state index in [0.29, 0.717) is 11.6 Å². The van der Waals surface area contributed by atoms with E-state index in [2.05, 4.69) is 24.0 Å². The highest BCUT2D eigenvalue weighted by atomic mass is 35.5. The number of aromatic nitrogens is 3. The fourth-order valence-electron chi connectivity index (χ4n) is 1.99. The molecule has 0 aliphatic rings. The van der Waals surface area contributed by atoms with Crippen LogP contribution in [0.2, 0.25) is 5.02 Å². The summed E-state index contributed by atoms with van der Waals surface area (Å²) in [6.45, 7) is 6.53. The van der Waals surface area contributed by atoms with Gasteiger partial charge in [0.2, 0.25) is 0 Å². The van der Waals surface area contributed by atoms with Gasteiger partial charge in [-0.15, -0.1) is 10.2 Å². The van der Waals surface area contributed by atoms with Gasteiger partial charge in [0.25, 0.3) is 0 Å². The number of aryl methyl sites for hydroxylation is 1. The third-order valence-electron chi connectivity index (χ3n) is 2.83. The van der Waals surface area contributed by atoms with Gasteiger partial charge in [0.1, 0.15) is 5.82 Å². The third-order valence-corrected chi connectivity index (χ3v) is 3.14. The van der Waals surface area contributed by atoms with Gasteiger partial charge >= 0.3 is 0 Å². The van der Waals surface area contributed by atoms with Crippen LogP contribution in [0.5, 0.6) is 0 Å². The predicted octanol–water partition coefficient (Wildman–Crippen LogP) is 2.95. The molecule has 0 spiro atoms. The van der Waals surface area contributed by atoms with Crippen molar-refractivity contribution in [1.82, 2.24) is 14.8 Å². The molecule has 4 nitrogen and oxygen atoms in total. The standard InChI is InChI=1S/C13H17ClN4/c1-8(2)18-12(7-15)16-17-13(18)10-5-4-9(3)6-11(10)14/h4-6,8H,7,15H2,1-3H3. The number of rotatable bonds is 3. The molecule has 0 saturated carbocycles. The Hall–Kier alpha value is -1.39. The molecule has 0 saturated heterocycles. The molecule has 0 aliphatic carbocycles. The normalized spacial score (nSPS) is 11.2. The zero-order valence-electron chi connectivity index (χ0n) is 10.8. The number of hydrogen-bond donors (Lipinski definition) is 1. The molecular formula is C13H17ClN4. The quantitative estimate of drug-likeness (QED) is 0.927. The highest BCUT2D eigenvalue weighted by molar-refractivity contribution is 6.33. The minimum atomic E-state index is 0.242. The molecule has 1 aromatic heterocycles. The van der Waals surface area contributed by atoms with Crippen LogP contribution in [0.1, 0.15) is 31.3 Å². The van der Waals surface area contributed by atoms with Crippen molar-refractivity contribution in [2.75, 3.05) is 0 Å². The first-order valence-corrected chi connectivity index (χ1v) is 6.32. The first-order chi connectivity index (χ1) is 8.54. The summed E-state index contributed by atoms with van der Waals surface area (Å²) in [5, 5.41) is 9.03. The Balaban J connectivity index is 2.60. The Morgan fingerprint density at radius 1 is 1.33 bits per heavy atom. The minimum absolute atomic E-state index is 0.242. The van der Waals surface area contributed by atoms with Crippen LogP contribution in [0.4, 0.5) is 0 Å². The Kier molecular flexibility index (Phi) is 3.68. The van der Waals surface area contributed by atoms with Gasteiger partial charge in [0.15, 0.2) is 5.82 Å². The van der Waals surface area contributed by atoms with E-state index in [1.165, 1.54) is 0 Å². The van der Waals surface area contributed by atoms with Crippen LogP contribution in [-0.2, 0) is 6.54 Å². The van der Waals surface area contributed by atoms with Crippen molar-refractivity contribution in [1.29, 1.82) is 0 Å². The van der Waals surface area contributed by atoms with E-state index in [1.54, 1.807) is 0 Å². The smallest absolute Gasteiger partial charge is 0.165 e. The van der Waals surface area contributed by atoms with E-state index in [1.807, 2.05) is 29.7 Å². The van der Waals surface area contributed by atoms with Gasteiger partial charge in [-0.05, 0) is 38.5 Å². The fourth-order valence-corrected chi connectivity index (χ4v) is 2.31. The van der Waals surface area contributed by atoms with Crippen molar-refractivity contribution in [3.8, 4) is 11.4 Å². The molecule has 2 rings (SSSR count). The summed E-state index contributed by atoms with van der Waals surface area (Å²) in [4.78, 5) is 0. The highest BCUT2D eigenvalue weighted by Gasteiger charge is 2.17. The van der Waals surface area contributed by atoms with E-state index in [4.69, 9.17) is 17.3 Å². The van der Waals surface area contributed by atoms with Crippen molar-refractivity contribution in [2.45, 2.75) is 33.4 Å². The maximum atomic E-state index is 6.28. The lowest BCUT2D eigenvalue weighted by Crippen LogP contribution is -2.11. The van der Waals surface area contributed by atoms with Crippen molar-refractivity contribution < 1.29 is 0 Å². The third kappa shape index (κ3) is 2.26. The second kappa shape index (κ2) is 5.08. The molecule has 2 N–H and O–H groups in total. The van der Waals surface area contributed by atoms with E-state index >= 15 is 0 Å². The molecule has 0 atom stereocenters. The van der Waals surface area contributed by atoms with Crippen molar-refractivity contribution in [3.05, 3.63) is 34.6 Å². The minimum Gasteiger partial charge on any atom is -0.324 e. The first-order valence-electron chi connectivity index (χ1n) is 5.95. The number of halogens is 1. The number of hydrogen-bond acceptors (Lipinski definition) is 3. The Labute approximate surface area is 112 Å². The molecule has 96 valence electrons. The summed E-state index contributed by atoms with van der Waals surface area (Å²) >= 11 is 6.28. The summed E-state index contributed by atoms with van der Waals surface area (Å²) < 4.78 is 2.02. The topological polar surface area (TPSA) is 56.7 Å². The number of benzene rings is 1. The van der Waals surface area contributed by atoms with E-state index in [-0.39, 0.29) is 6.04 Å². The van der Waals surface area contributed by atoms with Crippen LogP contribution >= 0.6 is 11.6 Å². The van der Waals surface area contributed by atoms with E-state index in [0.717, 1.165) is 22.8 Å². The molecule has 0 bridgehead atoms. The fraction of sp³-hybridized carbons (Fsp3) is 0.385. The average Bonchev–Trinajstić information content (AvgIpc) is 2.72. The molecule has 1 heterocycles. The molecule has 2 aromatic rings. The predicted molar refractivity (Wildman–Crippen MR) is 73.5 cm³/mol. The van der Waals surface area contributed by atoms with Crippen LogP contribution in [-0.4, -0.2) is 14.8 Å². The lowest BCUT2D eigenvalue weighted by Gasteiger charge is -2.14. The SMILES string of the molecule is Cc1ccc(-c2nnc(CN)n2C(C)C)c(Cl)c1. The molecule has 18 heavy (non-hydrogen) atoms. The second-order valence-electron chi connectivity index (χ2n) is 4.59. The molecule has 0 fully saturated rings. The second-order valence-corrected chi connectivity index (χ2v) is 5.00. The lowest BCUT2D eigenvalue weighted by molar-refractivity contribution is 0.574. The van der Waals surface area contributed by atoms with Gasteiger partial charge < -0.3 is 10.3 Å². The summed E-state index contributed by atoms with van der Waals surface area (Å²) in [5.74, 6) is 1.55. The van der Waals surface area contributed by atoms with E-state index in [9.17, 15) is 0 Å². The molecule has 0 aliphatic heterocycles. The number of nitrogens with zero attached hydrogens (tertiary/aromatic N) is 3. The molecule has 0 radical (unpaired) electrons. The molecule has 0 amide bonds.